The molecule has 1 heterocycles. The quantitative estimate of drug-likeness (QED) is 0.480. The van der Waals surface area contributed by atoms with Crippen LogP contribution in [0.2, 0.25) is 0 Å². The molecule has 1 heteroatoms. The molecule has 0 bridgehead atoms. The molecule has 1 fully saturated rings. The average Bonchev–Trinajstić information content (AvgIpc) is 2.17. The summed E-state index contributed by atoms with van der Waals surface area (Å²) in [5.74, 6) is 3.32. The highest BCUT2D eigenvalue weighted by atomic mass is 16.5. The summed E-state index contributed by atoms with van der Waals surface area (Å²) in [4.78, 5) is 0. The van der Waals surface area contributed by atoms with Crippen LogP contribution in [0.25, 0.3) is 0 Å². The maximum absolute atomic E-state index is 5.36. The second kappa shape index (κ2) is 2.89. The molecule has 0 saturated carbocycles. The van der Waals surface area contributed by atoms with Gasteiger partial charge in [-0.25, -0.2) is 0 Å². The SMILES string of the molecule is C#CCC1CC(C)CO1. The topological polar surface area (TPSA) is 9.23 Å². The maximum Gasteiger partial charge on any atom is 0.0687 e. The van der Waals surface area contributed by atoms with Gasteiger partial charge in [0.05, 0.1) is 6.10 Å². The minimum atomic E-state index is 0.352. The largest absolute Gasteiger partial charge is 0.377 e. The predicted octanol–water partition coefficient (Wildman–Crippen LogP) is 1.43. The lowest BCUT2D eigenvalue weighted by atomic mass is 10.1. The molecule has 1 rings (SSSR count). The molecule has 0 N–H and O–H groups in total. The van der Waals surface area contributed by atoms with Crippen molar-refractivity contribution in [3.63, 3.8) is 0 Å². The summed E-state index contributed by atoms with van der Waals surface area (Å²) in [5.41, 5.74) is 0. The first-order valence-corrected chi connectivity index (χ1v) is 3.38. The monoisotopic (exact) mass is 124 g/mol. The van der Waals surface area contributed by atoms with Crippen LogP contribution in [-0.4, -0.2) is 12.7 Å². The third-order valence-electron chi connectivity index (χ3n) is 1.63. The molecule has 0 aromatic heterocycles. The molecule has 0 amide bonds. The van der Waals surface area contributed by atoms with Gasteiger partial charge in [0.15, 0.2) is 0 Å². The van der Waals surface area contributed by atoms with Crippen molar-refractivity contribution in [2.24, 2.45) is 5.92 Å². The number of terminal acetylenes is 1. The van der Waals surface area contributed by atoms with E-state index in [0.29, 0.717) is 12.0 Å². The van der Waals surface area contributed by atoms with Crippen LogP contribution in [0.3, 0.4) is 0 Å². The summed E-state index contributed by atoms with van der Waals surface area (Å²) in [5, 5.41) is 0. The molecule has 0 aromatic carbocycles. The minimum Gasteiger partial charge on any atom is -0.377 e. The second-order valence-corrected chi connectivity index (χ2v) is 2.70. The summed E-state index contributed by atoms with van der Waals surface area (Å²) in [7, 11) is 0. The first-order valence-electron chi connectivity index (χ1n) is 3.38. The number of ether oxygens (including phenoxy) is 1. The maximum atomic E-state index is 5.36. The summed E-state index contributed by atoms with van der Waals surface area (Å²) in [6.45, 7) is 3.09. The van der Waals surface area contributed by atoms with Gasteiger partial charge in [-0.15, -0.1) is 12.3 Å². The highest BCUT2D eigenvalue weighted by molar-refractivity contribution is 4.89. The van der Waals surface area contributed by atoms with E-state index in [2.05, 4.69) is 12.8 Å². The molecule has 9 heavy (non-hydrogen) atoms. The fraction of sp³-hybridized carbons (Fsp3) is 0.750. The van der Waals surface area contributed by atoms with Crippen molar-refractivity contribution in [1.82, 2.24) is 0 Å². The summed E-state index contributed by atoms with van der Waals surface area (Å²) >= 11 is 0. The Balaban J connectivity index is 2.24. The van der Waals surface area contributed by atoms with E-state index in [0.717, 1.165) is 19.4 Å². The highest BCUT2D eigenvalue weighted by Gasteiger charge is 2.20. The molecule has 0 spiro atoms. The van der Waals surface area contributed by atoms with Crippen LogP contribution in [0.15, 0.2) is 0 Å². The molecule has 1 aliphatic heterocycles. The zero-order valence-corrected chi connectivity index (χ0v) is 5.76. The Morgan fingerprint density at radius 2 is 2.56 bits per heavy atom. The van der Waals surface area contributed by atoms with Gasteiger partial charge in [-0.1, -0.05) is 6.92 Å². The minimum absolute atomic E-state index is 0.352. The normalized spacial score (nSPS) is 34.2. The molecule has 50 valence electrons. The van der Waals surface area contributed by atoms with E-state index in [9.17, 15) is 0 Å². The summed E-state index contributed by atoms with van der Waals surface area (Å²) in [6.07, 6.45) is 7.40. The number of hydrogen-bond acceptors (Lipinski definition) is 1. The highest BCUT2D eigenvalue weighted by Crippen LogP contribution is 2.20. The van der Waals surface area contributed by atoms with Crippen molar-refractivity contribution in [3.05, 3.63) is 0 Å². The lowest BCUT2D eigenvalue weighted by molar-refractivity contribution is 0.111. The number of hydrogen-bond donors (Lipinski definition) is 0. The van der Waals surface area contributed by atoms with Gasteiger partial charge < -0.3 is 4.74 Å². The third kappa shape index (κ3) is 1.73. The van der Waals surface area contributed by atoms with E-state index in [1.807, 2.05) is 0 Å². The Bertz CT molecular complexity index is 123. The Kier molecular flexibility index (Phi) is 2.13. The van der Waals surface area contributed by atoms with Gasteiger partial charge in [-0.2, -0.15) is 0 Å². The van der Waals surface area contributed by atoms with Gasteiger partial charge in [0, 0.05) is 13.0 Å². The van der Waals surface area contributed by atoms with E-state index in [4.69, 9.17) is 11.2 Å². The molecule has 2 unspecified atom stereocenters. The van der Waals surface area contributed by atoms with Crippen LogP contribution in [0.5, 0.6) is 0 Å². The Hall–Kier alpha value is -0.480. The van der Waals surface area contributed by atoms with Crippen molar-refractivity contribution in [3.8, 4) is 12.3 Å². The van der Waals surface area contributed by atoms with Crippen molar-refractivity contribution >= 4 is 0 Å². The van der Waals surface area contributed by atoms with Crippen molar-refractivity contribution in [1.29, 1.82) is 0 Å². The molecule has 1 aliphatic rings. The lowest BCUT2D eigenvalue weighted by Crippen LogP contribution is -2.01. The van der Waals surface area contributed by atoms with Gasteiger partial charge in [-0.05, 0) is 12.3 Å². The van der Waals surface area contributed by atoms with E-state index < -0.39 is 0 Å². The first kappa shape index (κ1) is 6.64. The van der Waals surface area contributed by atoms with Crippen LogP contribution in [0.1, 0.15) is 19.8 Å². The Morgan fingerprint density at radius 1 is 1.78 bits per heavy atom. The summed E-state index contributed by atoms with van der Waals surface area (Å²) in [6, 6.07) is 0. The van der Waals surface area contributed by atoms with Gasteiger partial charge in [-0.3, -0.25) is 0 Å². The molecular formula is C8H12O. The van der Waals surface area contributed by atoms with Crippen molar-refractivity contribution in [2.75, 3.05) is 6.61 Å². The molecule has 0 radical (unpaired) electrons. The second-order valence-electron chi connectivity index (χ2n) is 2.70. The smallest absolute Gasteiger partial charge is 0.0687 e. The van der Waals surface area contributed by atoms with Gasteiger partial charge in [0.2, 0.25) is 0 Å². The summed E-state index contributed by atoms with van der Waals surface area (Å²) < 4.78 is 5.36. The molecular weight excluding hydrogens is 112 g/mol. The van der Waals surface area contributed by atoms with Crippen molar-refractivity contribution in [2.45, 2.75) is 25.9 Å². The van der Waals surface area contributed by atoms with Crippen LogP contribution < -0.4 is 0 Å². The average molecular weight is 124 g/mol. The third-order valence-corrected chi connectivity index (χ3v) is 1.63. The van der Waals surface area contributed by atoms with Gasteiger partial charge in [0.1, 0.15) is 0 Å². The Labute approximate surface area is 56.4 Å². The fourth-order valence-corrected chi connectivity index (χ4v) is 1.16. The van der Waals surface area contributed by atoms with E-state index in [1.165, 1.54) is 0 Å². The standard InChI is InChI=1S/C8H12O/c1-3-4-8-5-7(2)6-9-8/h1,7-8H,4-6H2,2H3. The first-order chi connectivity index (χ1) is 4.33. The van der Waals surface area contributed by atoms with E-state index in [-0.39, 0.29) is 0 Å². The van der Waals surface area contributed by atoms with Crippen LogP contribution in [0, 0.1) is 18.3 Å². The van der Waals surface area contributed by atoms with Crippen molar-refractivity contribution < 1.29 is 4.74 Å². The van der Waals surface area contributed by atoms with Crippen LogP contribution in [0.4, 0.5) is 0 Å². The van der Waals surface area contributed by atoms with Crippen LogP contribution in [-0.2, 0) is 4.74 Å². The zero-order chi connectivity index (χ0) is 6.69. The molecule has 0 aromatic rings. The lowest BCUT2D eigenvalue weighted by Gasteiger charge is -2.01. The van der Waals surface area contributed by atoms with E-state index >= 15 is 0 Å². The molecule has 1 saturated heterocycles. The van der Waals surface area contributed by atoms with E-state index in [1.54, 1.807) is 0 Å². The molecule has 1 nitrogen and oxygen atoms in total. The van der Waals surface area contributed by atoms with Gasteiger partial charge in [0.25, 0.3) is 0 Å². The Morgan fingerprint density at radius 3 is 3.00 bits per heavy atom. The fourth-order valence-electron chi connectivity index (χ4n) is 1.16. The molecule has 2 atom stereocenters. The predicted molar refractivity (Wildman–Crippen MR) is 37.0 cm³/mol. The zero-order valence-electron chi connectivity index (χ0n) is 5.76. The number of rotatable bonds is 1. The van der Waals surface area contributed by atoms with Crippen LogP contribution >= 0.6 is 0 Å². The molecule has 0 aliphatic carbocycles. The van der Waals surface area contributed by atoms with Gasteiger partial charge >= 0.3 is 0 Å².